The molecule has 1 aromatic rings. The number of carbonyl (C=O) groups excluding carboxylic acids is 1. The number of carbonyl (C=O) groups is 1. The number of rotatable bonds is 2. The molecule has 0 aliphatic carbocycles. The van der Waals surface area contributed by atoms with E-state index in [1.165, 1.54) is 0 Å². The van der Waals surface area contributed by atoms with Crippen LogP contribution in [-0.2, 0) is 0 Å². The molecule has 0 bridgehead atoms. The van der Waals surface area contributed by atoms with Gasteiger partial charge in [0.2, 0.25) is 0 Å². The number of aliphatic hydroxyl groups excluding tert-OH is 1. The molecular weight excluding hydrogens is 202 g/mol. The monoisotopic (exact) mass is 219 g/mol. The topological polar surface area (TPSA) is 40.5 Å². The average molecular weight is 219 g/mol. The van der Waals surface area contributed by atoms with Gasteiger partial charge in [-0.1, -0.05) is 18.2 Å². The average Bonchev–Trinajstić information content (AvgIpc) is 2.77. The van der Waals surface area contributed by atoms with E-state index in [-0.39, 0.29) is 18.4 Å². The highest BCUT2D eigenvalue weighted by Crippen LogP contribution is 2.19. The lowest BCUT2D eigenvalue weighted by Crippen LogP contribution is -2.29. The minimum atomic E-state index is 0.0917. The summed E-state index contributed by atoms with van der Waals surface area (Å²) in [6.45, 7) is 3.58. The number of likely N-dealkylation sites (tertiary alicyclic amines) is 1. The minimum Gasteiger partial charge on any atom is -0.396 e. The first-order valence-electron chi connectivity index (χ1n) is 5.68. The molecule has 1 amide bonds. The van der Waals surface area contributed by atoms with Crippen LogP contribution in [0.3, 0.4) is 0 Å². The van der Waals surface area contributed by atoms with Crippen LogP contribution in [0.1, 0.15) is 22.3 Å². The molecule has 0 saturated carbocycles. The fourth-order valence-corrected chi connectivity index (χ4v) is 2.15. The first-order valence-corrected chi connectivity index (χ1v) is 5.68. The summed E-state index contributed by atoms with van der Waals surface area (Å²) in [7, 11) is 0. The number of nitrogens with zero attached hydrogens (tertiary/aromatic N) is 1. The van der Waals surface area contributed by atoms with Gasteiger partial charge in [-0.15, -0.1) is 0 Å². The van der Waals surface area contributed by atoms with E-state index in [0.717, 1.165) is 24.1 Å². The Morgan fingerprint density at radius 3 is 2.88 bits per heavy atom. The molecule has 1 aromatic carbocycles. The first kappa shape index (κ1) is 11.1. The summed E-state index contributed by atoms with van der Waals surface area (Å²) < 4.78 is 0. The molecule has 1 unspecified atom stereocenters. The molecule has 0 spiro atoms. The van der Waals surface area contributed by atoms with Crippen LogP contribution in [0.15, 0.2) is 24.3 Å². The summed E-state index contributed by atoms with van der Waals surface area (Å²) in [4.78, 5) is 14.0. The van der Waals surface area contributed by atoms with E-state index >= 15 is 0 Å². The zero-order valence-electron chi connectivity index (χ0n) is 9.52. The van der Waals surface area contributed by atoms with Crippen LogP contribution in [-0.4, -0.2) is 35.6 Å². The van der Waals surface area contributed by atoms with Crippen LogP contribution < -0.4 is 0 Å². The minimum absolute atomic E-state index is 0.0917. The van der Waals surface area contributed by atoms with Gasteiger partial charge in [0.25, 0.3) is 5.91 Å². The van der Waals surface area contributed by atoms with Crippen molar-refractivity contribution in [3.05, 3.63) is 35.4 Å². The lowest BCUT2D eigenvalue weighted by molar-refractivity contribution is 0.0781. The normalized spacial score (nSPS) is 20.1. The predicted octanol–water partition coefficient (Wildman–Crippen LogP) is 1.45. The number of aliphatic hydroxyl groups is 1. The van der Waals surface area contributed by atoms with E-state index in [2.05, 4.69) is 0 Å². The first-order chi connectivity index (χ1) is 7.72. The van der Waals surface area contributed by atoms with Crippen LogP contribution in [0, 0.1) is 12.8 Å². The molecule has 1 N–H and O–H groups in total. The third-order valence-electron chi connectivity index (χ3n) is 3.21. The third-order valence-corrected chi connectivity index (χ3v) is 3.21. The van der Waals surface area contributed by atoms with Crippen molar-refractivity contribution >= 4 is 5.91 Å². The van der Waals surface area contributed by atoms with Crippen LogP contribution in [0.25, 0.3) is 0 Å². The van der Waals surface area contributed by atoms with Gasteiger partial charge in [0.1, 0.15) is 0 Å². The van der Waals surface area contributed by atoms with Gasteiger partial charge >= 0.3 is 0 Å². The predicted molar refractivity (Wildman–Crippen MR) is 62.3 cm³/mol. The second-order valence-corrected chi connectivity index (χ2v) is 4.40. The smallest absolute Gasteiger partial charge is 0.254 e. The Hall–Kier alpha value is -1.35. The van der Waals surface area contributed by atoms with Crippen LogP contribution in [0.2, 0.25) is 0 Å². The Morgan fingerprint density at radius 2 is 2.25 bits per heavy atom. The second-order valence-electron chi connectivity index (χ2n) is 4.40. The number of benzene rings is 1. The van der Waals surface area contributed by atoms with Crippen molar-refractivity contribution < 1.29 is 9.90 Å². The Morgan fingerprint density at radius 1 is 1.50 bits per heavy atom. The molecule has 1 saturated heterocycles. The molecule has 16 heavy (non-hydrogen) atoms. The Labute approximate surface area is 95.7 Å². The van der Waals surface area contributed by atoms with E-state index in [0.29, 0.717) is 6.54 Å². The molecule has 1 atom stereocenters. The largest absolute Gasteiger partial charge is 0.396 e. The Balaban J connectivity index is 2.12. The van der Waals surface area contributed by atoms with E-state index in [1.807, 2.05) is 36.1 Å². The summed E-state index contributed by atoms with van der Waals surface area (Å²) in [5.41, 5.74) is 1.79. The maximum Gasteiger partial charge on any atom is 0.254 e. The third kappa shape index (κ3) is 2.09. The molecule has 1 fully saturated rings. The van der Waals surface area contributed by atoms with E-state index in [4.69, 9.17) is 5.11 Å². The second kappa shape index (κ2) is 4.66. The molecule has 2 rings (SSSR count). The van der Waals surface area contributed by atoms with E-state index in [1.54, 1.807) is 0 Å². The van der Waals surface area contributed by atoms with E-state index in [9.17, 15) is 4.79 Å². The summed E-state index contributed by atoms with van der Waals surface area (Å²) in [5, 5.41) is 9.05. The molecule has 0 aromatic heterocycles. The molecule has 86 valence electrons. The number of hydrogen-bond acceptors (Lipinski definition) is 2. The van der Waals surface area contributed by atoms with Crippen molar-refractivity contribution in [3.63, 3.8) is 0 Å². The van der Waals surface area contributed by atoms with Crippen molar-refractivity contribution in [2.75, 3.05) is 19.7 Å². The molecular formula is C13H17NO2. The van der Waals surface area contributed by atoms with Gasteiger partial charge in [-0.05, 0) is 25.0 Å². The molecule has 3 nitrogen and oxygen atoms in total. The van der Waals surface area contributed by atoms with Crippen molar-refractivity contribution in [2.24, 2.45) is 5.92 Å². The number of aryl methyl sites for hydroxylation is 1. The molecule has 3 heteroatoms. The lowest BCUT2D eigenvalue weighted by Gasteiger charge is -2.17. The summed E-state index contributed by atoms with van der Waals surface area (Å²) in [5.74, 6) is 0.349. The fraction of sp³-hybridized carbons (Fsp3) is 0.462. The van der Waals surface area contributed by atoms with Gasteiger partial charge in [0, 0.05) is 31.2 Å². The lowest BCUT2D eigenvalue weighted by atomic mass is 10.1. The van der Waals surface area contributed by atoms with Crippen LogP contribution >= 0.6 is 0 Å². The molecule has 1 heterocycles. The van der Waals surface area contributed by atoms with Gasteiger partial charge in [0.15, 0.2) is 0 Å². The van der Waals surface area contributed by atoms with Crippen molar-refractivity contribution in [1.82, 2.24) is 4.90 Å². The van der Waals surface area contributed by atoms with Crippen LogP contribution in [0.5, 0.6) is 0 Å². The van der Waals surface area contributed by atoms with Crippen LogP contribution in [0.4, 0.5) is 0 Å². The molecule has 1 aliphatic heterocycles. The highest BCUT2D eigenvalue weighted by atomic mass is 16.3. The number of hydrogen-bond donors (Lipinski definition) is 1. The van der Waals surface area contributed by atoms with E-state index < -0.39 is 0 Å². The van der Waals surface area contributed by atoms with Crippen molar-refractivity contribution in [1.29, 1.82) is 0 Å². The van der Waals surface area contributed by atoms with Crippen molar-refractivity contribution in [3.8, 4) is 0 Å². The Bertz CT molecular complexity index is 389. The highest BCUT2D eigenvalue weighted by Gasteiger charge is 2.26. The molecule has 0 radical (unpaired) electrons. The van der Waals surface area contributed by atoms with Gasteiger partial charge in [-0.2, -0.15) is 0 Å². The molecule has 1 aliphatic rings. The maximum absolute atomic E-state index is 12.2. The van der Waals surface area contributed by atoms with Gasteiger partial charge in [-0.3, -0.25) is 4.79 Å². The summed E-state index contributed by atoms with van der Waals surface area (Å²) >= 11 is 0. The van der Waals surface area contributed by atoms with Gasteiger partial charge < -0.3 is 10.0 Å². The quantitative estimate of drug-likeness (QED) is 0.818. The summed E-state index contributed by atoms with van der Waals surface area (Å²) in [6, 6.07) is 7.64. The fourth-order valence-electron chi connectivity index (χ4n) is 2.15. The highest BCUT2D eigenvalue weighted by molar-refractivity contribution is 5.95. The number of amides is 1. The van der Waals surface area contributed by atoms with Gasteiger partial charge in [-0.25, -0.2) is 0 Å². The zero-order chi connectivity index (χ0) is 11.5. The summed E-state index contributed by atoms with van der Waals surface area (Å²) in [6.07, 6.45) is 0.911. The van der Waals surface area contributed by atoms with Crippen molar-refractivity contribution in [2.45, 2.75) is 13.3 Å². The standard InChI is InChI=1S/C13H17NO2/c1-10-4-2-3-5-12(10)13(16)14-7-6-11(8-14)9-15/h2-5,11,15H,6-9H2,1H3. The zero-order valence-corrected chi connectivity index (χ0v) is 9.52. The SMILES string of the molecule is Cc1ccccc1C(=O)N1CCC(CO)C1. The maximum atomic E-state index is 12.2. The Kier molecular flexibility index (Phi) is 3.25. The van der Waals surface area contributed by atoms with Gasteiger partial charge in [0.05, 0.1) is 0 Å².